The number of carbonyl (C=O) groups is 1. The minimum absolute atomic E-state index is 0.183. The molecule has 0 saturated carbocycles. The molecule has 1 atom stereocenters. The third kappa shape index (κ3) is 3.12. The van der Waals surface area contributed by atoms with Gasteiger partial charge in [0, 0.05) is 17.8 Å². The molecule has 0 aliphatic heterocycles. The predicted molar refractivity (Wildman–Crippen MR) is 97.2 cm³/mol. The number of amides is 1. The molecule has 0 fully saturated rings. The van der Waals surface area contributed by atoms with E-state index in [1.165, 1.54) is 0 Å². The highest BCUT2D eigenvalue weighted by atomic mass is 16.2. The lowest BCUT2D eigenvalue weighted by molar-refractivity contribution is -0.118. The molecule has 0 spiro atoms. The summed E-state index contributed by atoms with van der Waals surface area (Å²) < 4.78 is 1.71. The van der Waals surface area contributed by atoms with E-state index in [1.807, 2.05) is 72.9 Å². The van der Waals surface area contributed by atoms with Gasteiger partial charge in [-0.25, -0.2) is 4.98 Å². The molecule has 4 rings (SSSR count). The van der Waals surface area contributed by atoms with E-state index < -0.39 is 6.04 Å². The molecule has 25 heavy (non-hydrogen) atoms. The van der Waals surface area contributed by atoms with E-state index in [0.717, 1.165) is 16.5 Å². The summed E-state index contributed by atoms with van der Waals surface area (Å²) in [7, 11) is 0. The SMILES string of the molecule is O=C(Nc1ccccn1)[C@@H](c1ccccc1)n1cc2ccccc2n1. The zero-order chi connectivity index (χ0) is 17.1. The van der Waals surface area contributed by atoms with E-state index in [1.54, 1.807) is 16.9 Å². The van der Waals surface area contributed by atoms with Crippen LogP contribution in [0, 0.1) is 0 Å². The fourth-order valence-corrected chi connectivity index (χ4v) is 2.81. The van der Waals surface area contributed by atoms with Crippen LogP contribution < -0.4 is 5.32 Å². The fraction of sp³-hybridized carbons (Fsp3) is 0.0500. The number of benzene rings is 2. The standard InChI is InChI=1S/C20H16N4O/c25-20(22-18-12-6-7-13-21-18)19(15-8-2-1-3-9-15)24-14-16-10-4-5-11-17(16)23-24/h1-14,19H,(H,21,22,25)/t19-/m1/s1. The maximum Gasteiger partial charge on any atom is 0.254 e. The first-order chi connectivity index (χ1) is 12.3. The van der Waals surface area contributed by atoms with Gasteiger partial charge in [0.2, 0.25) is 0 Å². The lowest BCUT2D eigenvalue weighted by Crippen LogP contribution is -2.27. The molecule has 122 valence electrons. The van der Waals surface area contributed by atoms with Gasteiger partial charge in [0.15, 0.2) is 6.04 Å². The second kappa shape index (κ2) is 6.57. The molecule has 0 radical (unpaired) electrons. The Hall–Kier alpha value is -3.47. The Morgan fingerprint density at radius 3 is 2.44 bits per heavy atom. The highest BCUT2D eigenvalue weighted by Gasteiger charge is 2.24. The van der Waals surface area contributed by atoms with Crippen molar-refractivity contribution in [3.05, 3.63) is 90.8 Å². The minimum atomic E-state index is -0.574. The van der Waals surface area contributed by atoms with Gasteiger partial charge in [0.1, 0.15) is 5.82 Å². The number of pyridine rings is 1. The van der Waals surface area contributed by atoms with Crippen LogP contribution >= 0.6 is 0 Å². The molecule has 2 aromatic heterocycles. The number of fused-ring (bicyclic) bond motifs is 1. The minimum Gasteiger partial charge on any atom is -0.309 e. The van der Waals surface area contributed by atoms with E-state index in [2.05, 4.69) is 15.4 Å². The van der Waals surface area contributed by atoms with Crippen LogP contribution in [0.1, 0.15) is 11.6 Å². The Balaban J connectivity index is 1.75. The lowest BCUT2D eigenvalue weighted by Gasteiger charge is -2.17. The van der Waals surface area contributed by atoms with Crippen molar-refractivity contribution in [1.82, 2.24) is 14.8 Å². The summed E-state index contributed by atoms with van der Waals surface area (Å²) in [5.41, 5.74) is 1.72. The molecule has 4 aromatic rings. The second-order valence-electron chi connectivity index (χ2n) is 5.69. The Labute approximate surface area is 144 Å². The van der Waals surface area contributed by atoms with Crippen LogP contribution in [-0.4, -0.2) is 20.7 Å². The molecule has 2 aromatic carbocycles. The summed E-state index contributed by atoms with van der Waals surface area (Å²) in [5, 5.41) is 8.45. The van der Waals surface area contributed by atoms with Crippen LogP contribution in [0.2, 0.25) is 0 Å². The van der Waals surface area contributed by atoms with Crippen molar-refractivity contribution in [2.45, 2.75) is 6.04 Å². The van der Waals surface area contributed by atoms with Gasteiger partial charge in [0.05, 0.1) is 5.52 Å². The van der Waals surface area contributed by atoms with Gasteiger partial charge in [-0.15, -0.1) is 0 Å². The largest absolute Gasteiger partial charge is 0.309 e. The van der Waals surface area contributed by atoms with Crippen molar-refractivity contribution in [2.24, 2.45) is 0 Å². The normalized spacial score (nSPS) is 12.0. The number of rotatable bonds is 4. The summed E-state index contributed by atoms with van der Waals surface area (Å²) in [6, 6.07) is 22.3. The van der Waals surface area contributed by atoms with Gasteiger partial charge in [-0.1, -0.05) is 54.6 Å². The van der Waals surface area contributed by atoms with Gasteiger partial charge in [-0.3, -0.25) is 9.48 Å². The van der Waals surface area contributed by atoms with E-state index in [4.69, 9.17) is 0 Å². The van der Waals surface area contributed by atoms with Gasteiger partial charge >= 0.3 is 0 Å². The van der Waals surface area contributed by atoms with Gasteiger partial charge in [0.25, 0.3) is 5.91 Å². The molecule has 0 bridgehead atoms. The first-order valence-electron chi connectivity index (χ1n) is 8.02. The predicted octanol–water partition coefficient (Wildman–Crippen LogP) is 3.66. The van der Waals surface area contributed by atoms with Gasteiger partial charge < -0.3 is 5.32 Å². The molecule has 5 nitrogen and oxygen atoms in total. The Bertz CT molecular complexity index is 963. The quantitative estimate of drug-likeness (QED) is 0.622. The Morgan fingerprint density at radius 1 is 0.920 bits per heavy atom. The maximum atomic E-state index is 13.0. The molecule has 2 heterocycles. The number of hydrogen-bond acceptors (Lipinski definition) is 3. The van der Waals surface area contributed by atoms with Crippen LogP contribution in [0.4, 0.5) is 5.82 Å². The number of anilines is 1. The van der Waals surface area contributed by atoms with E-state index in [-0.39, 0.29) is 5.91 Å². The number of nitrogens with zero attached hydrogens (tertiary/aromatic N) is 3. The Morgan fingerprint density at radius 2 is 1.68 bits per heavy atom. The number of carbonyl (C=O) groups excluding carboxylic acids is 1. The summed E-state index contributed by atoms with van der Waals surface area (Å²) in [6.45, 7) is 0. The van der Waals surface area contributed by atoms with Gasteiger partial charge in [-0.05, 0) is 23.8 Å². The molecule has 1 amide bonds. The molecule has 0 aliphatic rings. The molecule has 0 saturated heterocycles. The molecule has 0 unspecified atom stereocenters. The van der Waals surface area contributed by atoms with E-state index >= 15 is 0 Å². The topological polar surface area (TPSA) is 59.8 Å². The number of hydrogen-bond donors (Lipinski definition) is 1. The van der Waals surface area contributed by atoms with E-state index in [9.17, 15) is 4.79 Å². The van der Waals surface area contributed by atoms with Crippen LogP contribution in [-0.2, 0) is 4.79 Å². The lowest BCUT2D eigenvalue weighted by atomic mass is 10.1. The monoisotopic (exact) mass is 328 g/mol. The summed E-state index contributed by atoms with van der Waals surface area (Å²) in [4.78, 5) is 17.1. The Kier molecular flexibility index (Phi) is 3.96. The first kappa shape index (κ1) is 15.1. The third-order valence-corrected chi connectivity index (χ3v) is 3.98. The van der Waals surface area contributed by atoms with Crippen LogP contribution in [0.15, 0.2) is 85.2 Å². The fourth-order valence-electron chi connectivity index (χ4n) is 2.81. The number of aromatic nitrogens is 3. The smallest absolute Gasteiger partial charge is 0.254 e. The van der Waals surface area contributed by atoms with Gasteiger partial charge in [-0.2, -0.15) is 5.10 Å². The summed E-state index contributed by atoms with van der Waals surface area (Å²) >= 11 is 0. The average molecular weight is 328 g/mol. The van der Waals surface area contributed by atoms with E-state index in [0.29, 0.717) is 5.82 Å². The molecule has 5 heteroatoms. The van der Waals surface area contributed by atoms with Crippen molar-refractivity contribution in [3.8, 4) is 0 Å². The molecule has 0 aliphatic carbocycles. The summed E-state index contributed by atoms with van der Waals surface area (Å²) in [5.74, 6) is 0.336. The van der Waals surface area contributed by atoms with Crippen LogP contribution in [0.25, 0.3) is 10.9 Å². The van der Waals surface area contributed by atoms with Crippen molar-refractivity contribution in [3.63, 3.8) is 0 Å². The van der Waals surface area contributed by atoms with Crippen molar-refractivity contribution < 1.29 is 4.79 Å². The zero-order valence-corrected chi connectivity index (χ0v) is 13.4. The average Bonchev–Trinajstić information content (AvgIpc) is 3.07. The highest BCUT2D eigenvalue weighted by molar-refractivity contribution is 5.95. The maximum absolute atomic E-state index is 13.0. The molecule has 1 N–H and O–H groups in total. The highest BCUT2D eigenvalue weighted by Crippen LogP contribution is 2.22. The number of nitrogens with one attached hydrogen (secondary N) is 1. The molecular weight excluding hydrogens is 312 g/mol. The van der Waals surface area contributed by atoms with Crippen LogP contribution in [0.5, 0.6) is 0 Å². The summed E-state index contributed by atoms with van der Waals surface area (Å²) in [6.07, 6.45) is 3.54. The third-order valence-electron chi connectivity index (χ3n) is 3.98. The molecular formula is C20H16N4O. The van der Waals surface area contributed by atoms with Crippen molar-refractivity contribution in [2.75, 3.05) is 5.32 Å². The zero-order valence-electron chi connectivity index (χ0n) is 13.4. The van der Waals surface area contributed by atoms with Crippen molar-refractivity contribution in [1.29, 1.82) is 0 Å². The van der Waals surface area contributed by atoms with Crippen LogP contribution in [0.3, 0.4) is 0 Å². The first-order valence-corrected chi connectivity index (χ1v) is 8.02. The second-order valence-corrected chi connectivity index (χ2v) is 5.69. The van der Waals surface area contributed by atoms with Crippen molar-refractivity contribution >= 4 is 22.6 Å².